The highest BCUT2D eigenvalue weighted by molar-refractivity contribution is 5.72. The fourth-order valence-corrected chi connectivity index (χ4v) is 2.30. The first kappa shape index (κ1) is 13.5. The van der Waals surface area contributed by atoms with E-state index in [1.54, 1.807) is 0 Å². The van der Waals surface area contributed by atoms with Crippen molar-refractivity contribution in [2.75, 3.05) is 11.9 Å². The molecule has 19 heavy (non-hydrogen) atoms. The van der Waals surface area contributed by atoms with Crippen LogP contribution in [0.4, 0.5) is 17.3 Å². The first-order valence-electron chi connectivity index (χ1n) is 5.94. The molecule has 2 rings (SSSR count). The maximum atomic E-state index is 9.74. The molecule has 8 nitrogen and oxygen atoms in total. The van der Waals surface area contributed by atoms with Gasteiger partial charge in [0.25, 0.3) is 0 Å². The second-order valence-corrected chi connectivity index (χ2v) is 4.49. The van der Waals surface area contributed by atoms with Crippen molar-refractivity contribution in [3.8, 4) is 0 Å². The third-order valence-electron chi connectivity index (χ3n) is 3.30. The van der Waals surface area contributed by atoms with E-state index in [1.165, 1.54) is 6.33 Å². The van der Waals surface area contributed by atoms with E-state index in [1.807, 2.05) is 0 Å². The zero-order valence-corrected chi connectivity index (χ0v) is 10.3. The van der Waals surface area contributed by atoms with Crippen LogP contribution in [0, 0.1) is 11.4 Å². The molecule has 0 amide bonds. The van der Waals surface area contributed by atoms with Gasteiger partial charge < -0.3 is 15.5 Å². The zero-order chi connectivity index (χ0) is 13.8. The van der Waals surface area contributed by atoms with Crippen LogP contribution < -0.4 is 5.32 Å². The van der Waals surface area contributed by atoms with Crippen molar-refractivity contribution in [2.45, 2.75) is 25.0 Å². The molecule has 3 unspecified atom stereocenters. The fourth-order valence-electron chi connectivity index (χ4n) is 2.30. The van der Waals surface area contributed by atoms with Crippen LogP contribution in [0.15, 0.2) is 16.4 Å². The lowest BCUT2D eigenvalue weighted by atomic mass is 10.1. The number of aliphatic hydroxyl groups is 2. The molecule has 0 aliphatic heterocycles. The number of nitrogens with zero attached hydrogens (tertiary/aromatic N) is 4. The molecule has 0 saturated heterocycles. The van der Waals surface area contributed by atoms with Crippen LogP contribution in [0.25, 0.3) is 0 Å². The molecule has 1 aliphatic rings. The maximum Gasteiger partial charge on any atom is 0.184 e. The predicted octanol–water partition coefficient (Wildman–Crippen LogP) is 1.01. The predicted molar refractivity (Wildman–Crippen MR) is 69.3 cm³/mol. The Labute approximate surface area is 110 Å². The minimum Gasteiger partial charge on any atom is -0.396 e. The van der Waals surface area contributed by atoms with Gasteiger partial charge in [0, 0.05) is 18.6 Å². The molecule has 1 aliphatic carbocycles. The number of hydrogen-bond acceptors (Lipinski definition) is 8. The molecule has 0 radical (unpaired) electrons. The van der Waals surface area contributed by atoms with Crippen LogP contribution in [0.3, 0.4) is 0 Å². The molecule has 0 aromatic carbocycles. The summed E-state index contributed by atoms with van der Waals surface area (Å²) in [6.07, 6.45) is 1.94. The summed E-state index contributed by atoms with van der Waals surface area (Å²) in [5.74, 6) is 0.501. The summed E-state index contributed by atoms with van der Waals surface area (Å²) in [4.78, 5) is 11.6. The summed E-state index contributed by atoms with van der Waals surface area (Å²) in [7, 11) is 0. The number of hydrogen-bond donors (Lipinski definition) is 4. The Bertz CT molecular complexity index is 480. The van der Waals surface area contributed by atoms with E-state index in [-0.39, 0.29) is 30.1 Å². The average Bonchev–Trinajstić information content (AvgIpc) is 2.78. The molecular formula is C11H16N6O2. The quantitative estimate of drug-likeness (QED) is 0.466. The Balaban J connectivity index is 2.16. The molecule has 1 heterocycles. The van der Waals surface area contributed by atoms with Crippen LogP contribution in [0.1, 0.15) is 12.8 Å². The van der Waals surface area contributed by atoms with Crippen molar-refractivity contribution in [1.29, 1.82) is 5.53 Å². The molecular weight excluding hydrogens is 248 g/mol. The SMILES string of the molecule is C=Nc1ncnc(NC2CC(O)C(CO)C2)c1N=N. The number of aliphatic imine (C=N–C) groups is 1. The highest BCUT2D eigenvalue weighted by Gasteiger charge is 2.33. The third kappa shape index (κ3) is 2.74. The summed E-state index contributed by atoms with van der Waals surface area (Å²) in [6.45, 7) is 3.32. The van der Waals surface area contributed by atoms with E-state index >= 15 is 0 Å². The summed E-state index contributed by atoms with van der Waals surface area (Å²) >= 11 is 0. The van der Waals surface area contributed by atoms with Crippen LogP contribution in [0.2, 0.25) is 0 Å². The molecule has 1 aromatic heterocycles. The van der Waals surface area contributed by atoms with Crippen LogP contribution in [0.5, 0.6) is 0 Å². The van der Waals surface area contributed by atoms with Gasteiger partial charge in [-0.05, 0) is 19.6 Å². The Kier molecular flexibility index (Phi) is 4.13. The first-order chi connectivity index (χ1) is 9.19. The third-order valence-corrected chi connectivity index (χ3v) is 3.30. The van der Waals surface area contributed by atoms with Crippen molar-refractivity contribution in [2.24, 2.45) is 16.0 Å². The van der Waals surface area contributed by atoms with Gasteiger partial charge in [0.05, 0.1) is 6.10 Å². The summed E-state index contributed by atoms with van der Waals surface area (Å²) in [5.41, 5.74) is 7.37. The number of anilines is 1. The van der Waals surface area contributed by atoms with Gasteiger partial charge in [-0.1, -0.05) is 0 Å². The molecule has 102 valence electrons. The molecule has 0 spiro atoms. The molecule has 1 saturated carbocycles. The molecule has 8 heteroatoms. The van der Waals surface area contributed by atoms with Gasteiger partial charge in [-0.3, -0.25) is 0 Å². The van der Waals surface area contributed by atoms with Crippen molar-refractivity contribution >= 4 is 24.0 Å². The highest BCUT2D eigenvalue weighted by Crippen LogP contribution is 2.34. The number of aliphatic hydroxyl groups excluding tert-OH is 2. The Hall–Kier alpha value is -1.93. The van der Waals surface area contributed by atoms with E-state index in [9.17, 15) is 5.11 Å². The fraction of sp³-hybridized carbons (Fsp3) is 0.545. The molecule has 0 bridgehead atoms. The van der Waals surface area contributed by atoms with Gasteiger partial charge in [0.2, 0.25) is 0 Å². The standard InChI is InChI=1S/C11H16N6O2/c1-13-10-9(17-12)11(15-5-14-10)16-7-2-6(4-18)8(19)3-7/h5-8,12,18-19H,1-4H2,(H,14,15,16). The van der Waals surface area contributed by atoms with Gasteiger partial charge in [-0.15, -0.1) is 0 Å². The normalized spacial score (nSPS) is 26.1. The van der Waals surface area contributed by atoms with Crippen LogP contribution in [-0.4, -0.2) is 45.7 Å². The lowest BCUT2D eigenvalue weighted by Crippen LogP contribution is -2.17. The largest absolute Gasteiger partial charge is 0.396 e. The van der Waals surface area contributed by atoms with Gasteiger partial charge >= 0.3 is 0 Å². The highest BCUT2D eigenvalue weighted by atomic mass is 16.3. The van der Waals surface area contributed by atoms with E-state index in [2.05, 4.69) is 32.1 Å². The van der Waals surface area contributed by atoms with Crippen molar-refractivity contribution in [1.82, 2.24) is 9.97 Å². The van der Waals surface area contributed by atoms with Crippen molar-refractivity contribution in [3.63, 3.8) is 0 Å². The van der Waals surface area contributed by atoms with Gasteiger partial charge in [0.1, 0.15) is 6.33 Å². The van der Waals surface area contributed by atoms with Crippen molar-refractivity contribution in [3.05, 3.63) is 6.33 Å². The second kappa shape index (κ2) is 5.81. The van der Waals surface area contributed by atoms with E-state index in [4.69, 9.17) is 10.6 Å². The monoisotopic (exact) mass is 264 g/mol. The zero-order valence-electron chi connectivity index (χ0n) is 10.3. The minimum atomic E-state index is -0.530. The molecule has 4 N–H and O–H groups in total. The second-order valence-electron chi connectivity index (χ2n) is 4.49. The summed E-state index contributed by atoms with van der Waals surface area (Å²) in [5, 5.41) is 25.3. The number of rotatable bonds is 5. The lowest BCUT2D eigenvalue weighted by molar-refractivity contribution is 0.0908. The van der Waals surface area contributed by atoms with Gasteiger partial charge in [0.15, 0.2) is 17.3 Å². The van der Waals surface area contributed by atoms with Crippen LogP contribution >= 0.6 is 0 Å². The van der Waals surface area contributed by atoms with E-state index < -0.39 is 6.10 Å². The van der Waals surface area contributed by atoms with E-state index in [0.29, 0.717) is 18.7 Å². The summed E-state index contributed by atoms with van der Waals surface area (Å²) < 4.78 is 0. The lowest BCUT2D eigenvalue weighted by Gasteiger charge is -2.14. The van der Waals surface area contributed by atoms with Crippen molar-refractivity contribution < 1.29 is 10.2 Å². The molecule has 1 aromatic rings. The number of nitrogens with one attached hydrogen (secondary N) is 2. The Morgan fingerprint density at radius 1 is 1.47 bits per heavy atom. The Morgan fingerprint density at radius 3 is 2.84 bits per heavy atom. The van der Waals surface area contributed by atoms with Gasteiger partial charge in [-0.2, -0.15) is 5.11 Å². The summed E-state index contributed by atoms with van der Waals surface area (Å²) in [6, 6.07) is -0.0276. The minimum absolute atomic E-state index is 0.0276. The van der Waals surface area contributed by atoms with E-state index in [0.717, 1.165) is 0 Å². The molecule has 1 fully saturated rings. The smallest absolute Gasteiger partial charge is 0.184 e. The Morgan fingerprint density at radius 2 is 2.26 bits per heavy atom. The maximum absolute atomic E-state index is 9.74. The topological polar surface area (TPSA) is 127 Å². The number of aromatic nitrogens is 2. The first-order valence-corrected chi connectivity index (χ1v) is 5.94. The average molecular weight is 264 g/mol. The molecule has 3 atom stereocenters. The van der Waals surface area contributed by atoms with Crippen LogP contribution in [-0.2, 0) is 0 Å². The van der Waals surface area contributed by atoms with Gasteiger partial charge in [-0.25, -0.2) is 20.5 Å².